The summed E-state index contributed by atoms with van der Waals surface area (Å²) in [7, 11) is -2.73. The van der Waals surface area contributed by atoms with Crippen molar-refractivity contribution in [1.82, 2.24) is 4.72 Å². The maximum atomic E-state index is 14.7. The van der Waals surface area contributed by atoms with Crippen molar-refractivity contribution in [1.29, 1.82) is 0 Å². The highest BCUT2D eigenvalue weighted by Gasteiger charge is 2.56. The summed E-state index contributed by atoms with van der Waals surface area (Å²) in [5.74, 6) is 0. The number of sulfonamides is 1. The molecule has 3 fully saturated rings. The van der Waals surface area contributed by atoms with Gasteiger partial charge in [0.15, 0.2) is 18.9 Å². The van der Waals surface area contributed by atoms with Crippen LogP contribution in [0.3, 0.4) is 0 Å². The molecule has 0 aliphatic carbocycles. The van der Waals surface area contributed by atoms with Gasteiger partial charge in [-0.15, -0.1) is 0 Å². The van der Waals surface area contributed by atoms with Crippen LogP contribution in [0.1, 0.15) is 34.1 Å². The molecule has 3 saturated heterocycles. The van der Waals surface area contributed by atoms with E-state index in [4.69, 9.17) is 47.4 Å². The molecule has 356 valence electrons. The normalized spacial score (nSPS) is 27.3. The summed E-state index contributed by atoms with van der Waals surface area (Å²) < 4.78 is 99.2. The Bertz CT molecular complexity index is 2510. The van der Waals surface area contributed by atoms with E-state index in [2.05, 4.69) is 4.72 Å². The Hall–Kier alpha value is -5.17. The second kappa shape index (κ2) is 23.4. The first kappa shape index (κ1) is 47.9. The molecule has 68 heavy (non-hydrogen) atoms. The molecule has 11 atom stereocenters. The number of rotatable bonds is 20. The van der Waals surface area contributed by atoms with E-state index in [0.29, 0.717) is 0 Å². The van der Waals surface area contributed by atoms with Gasteiger partial charge in [0.25, 0.3) is 0 Å². The summed E-state index contributed by atoms with van der Waals surface area (Å²) in [4.78, 5) is 0.0451. The minimum Gasteiger partial charge on any atom is -0.374 e. The first-order valence-electron chi connectivity index (χ1n) is 22.9. The lowest BCUT2D eigenvalue weighted by Gasteiger charge is -2.51. The van der Waals surface area contributed by atoms with Crippen LogP contribution in [0.25, 0.3) is 0 Å². The SMILES string of the molecule is CO[C@@H]1O[C@@H]2CO[C@@H](c3ccccc3)O[C@H]2[C@H](O[C@@H]2O[C@H](COCc3ccccc3)[C@@H](OCc3ccccc3)[C@H](OCc3ccccc3)[C@H]2NS(=O)(=O)c2ccccc2)[C@H]1OCc1ccccc1. The molecular formula is C54H57NO12S. The fourth-order valence-corrected chi connectivity index (χ4v) is 9.95. The molecule has 0 aromatic heterocycles. The highest BCUT2D eigenvalue weighted by Crippen LogP contribution is 2.39. The Morgan fingerprint density at radius 2 is 1.01 bits per heavy atom. The van der Waals surface area contributed by atoms with E-state index in [0.717, 1.165) is 27.8 Å². The third-order valence-electron chi connectivity index (χ3n) is 12.1. The zero-order chi connectivity index (χ0) is 46.5. The largest absolute Gasteiger partial charge is 0.374 e. The summed E-state index contributed by atoms with van der Waals surface area (Å²) in [6.45, 7) is 0.906. The van der Waals surface area contributed by atoms with Gasteiger partial charge in [0, 0.05) is 12.7 Å². The third-order valence-corrected chi connectivity index (χ3v) is 13.6. The molecule has 1 N–H and O–H groups in total. The van der Waals surface area contributed by atoms with Crippen LogP contribution in [0.5, 0.6) is 0 Å². The molecule has 3 aliphatic rings. The quantitative estimate of drug-likeness (QED) is 0.0797. The Morgan fingerprint density at radius 3 is 1.56 bits per heavy atom. The topological polar surface area (TPSA) is 138 Å². The van der Waals surface area contributed by atoms with Crippen LogP contribution in [-0.4, -0.2) is 90.1 Å². The molecule has 0 bridgehead atoms. The van der Waals surface area contributed by atoms with Crippen molar-refractivity contribution in [3.05, 3.63) is 210 Å². The van der Waals surface area contributed by atoms with Crippen LogP contribution in [0.15, 0.2) is 187 Å². The summed E-state index contributed by atoms with van der Waals surface area (Å²) in [6, 6.07) is 55.5. The van der Waals surface area contributed by atoms with Gasteiger partial charge in [0.05, 0.1) is 44.5 Å². The maximum absolute atomic E-state index is 14.7. The second-order valence-corrected chi connectivity index (χ2v) is 18.6. The molecule has 6 aromatic carbocycles. The van der Waals surface area contributed by atoms with E-state index in [9.17, 15) is 8.42 Å². The molecular weight excluding hydrogens is 887 g/mol. The van der Waals surface area contributed by atoms with Gasteiger partial charge in [-0.3, -0.25) is 0 Å². The van der Waals surface area contributed by atoms with E-state index in [1.165, 1.54) is 19.2 Å². The first-order chi connectivity index (χ1) is 33.4. The van der Waals surface area contributed by atoms with Gasteiger partial charge in [-0.25, -0.2) is 13.1 Å². The average Bonchev–Trinajstić information content (AvgIpc) is 3.39. The number of ether oxygens (including phenoxy) is 10. The predicted molar refractivity (Wildman–Crippen MR) is 251 cm³/mol. The van der Waals surface area contributed by atoms with Crippen molar-refractivity contribution in [3.8, 4) is 0 Å². The zero-order valence-electron chi connectivity index (χ0n) is 37.7. The van der Waals surface area contributed by atoms with Crippen molar-refractivity contribution in [2.75, 3.05) is 20.3 Å². The summed E-state index contributed by atoms with van der Waals surface area (Å²) in [5, 5.41) is 0. The lowest BCUT2D eigenvalue weighted by Crippen LogP contribution is -2.69. The van der Waals surface area contributed by atoms with Gasteiger partial charge in [-0.05, 0) is 34.4 Å². The van der Waals surface area contributed by atoms with Gasteiger partial charge in [-0.2, -0.15) is 0 Å². The predicted octanol–water partition coefficient (Wildman–Crippen LogP) is 7.90. The minimum absolute atomic E-state index is 0.0342. The number of fused-ring (bicyclic) bond motifs is 1. The van der Waals surface area contributed by atoms with Crippen LogP contribution >= 0.6 is 0 Å². The zero-order valence-corrected chi connectivity index (χ0v) is 38.5. The molecule has 3 heterocycles. The number of nitrogens with one attached hydrogen (secondary N) is 1. The van der Waals surface area contributed by atoms with Gasteiger partial charge < -0.3 is 47.4 Å². The van der Waals surface area contributed by atoms with Crippen molar-refractivity contribution < 1.29 is 55.8 Å². The molecule has 0 radical (unpaired) electrons. The van der Waals surface area contributed by atoms with Gasteiger partial charge in [0.2, 0.25) is 10.0 Å². The van der Waals surface area contributed by atoms with Crippen molar-refractivity contribution in [2.45, 2.75) is 99.0 Å². The monoisotopic (exact) mass is 943 g/mol. The standard InChI is InChI=1S/C54H57NO12S/c1-58-54-51(62-35-41-26-14-5-15-27-41)50(48-45(65-54)37-63-52(66-48)42-28-16-6-17-29-42)67-53-46(55-68(56,57)43-30-18-7-19-31-43)49(61-34-40-24-12-4-13-25-40)47(60-33-39-22-10-3-11-23-39)44(64-53)36-59-32-38-20-8-2-9-21-38/h2-31,44-55H,32-37H2,1H3/t44-,45-,46-,47-,48-,49-,50+,51-,52-,53+,54-/m1/s1. The smallest absolute Gasteiger partial charge is 0.241 e. The Labute approximate surface area is 398 Å². The summed E-state index contributed by atoms with van der Waals surface area (Å²) in [5.41, 5.74) is 4.44. The fourth-order valence-electron chi connectivity index (χ4n) is 8.70. The molecule has 0 unspecified atom stereocenters. The highest BCUT2D eigenvalue weighted by molar-refractivity contribution is 7.89. The van der Waals surface area contributed by atoms with Crippen molar-refractivity contribution in [2.24, 2.45) is 0 Å². The van der Waals surface area contributed by atoms with Gasteiger partial charge >= 0.3 is 0 Å². The molecule has 3 aliphatic heterocycles. The van der Waals surface area contributed by atoms with E-state index < -0.39 is 77.7 Å². The highest BCUT2D eigenvalue weighted by atomic mass is 32.2. The summed E-state index contributed by atoms with van der Waals surface area (Å²) >= 11 is 0. The minimum atomic E-state index is -4.26. The summed E-state index contributed by atoms with van der Waals surface area (Å²) in [6.07, 6.45) is -9.27. The molecule has 13 nitrogen and oxygen atoms in total. The van der Waals surface area contributed by atoms with E-state index in [1.807, 2.05) is 152 Å². The first-order valence-corrected chi connectivity index (χ1v) is 24.4. The molecule has 6 aromatic rings. The lowest BCUT2D eigenvalue weighted by molar-refractivity contribution is -0.390. The van der Waals surface area contributed by atoms with Crippen molar-refractivity contribution in [3.63, 3.8) is 0 Å². The van der Waals surface area contributed by atoms with Crippen LogP contribution < -0.4 is 4.72 Å². The number of hydrogen-bond donors (Lipinski definition) is 1. The third kappa shape index (κ3) is 12.2. The number of benzene rings is 6. The van der Waals surface area contributed by atoms with Crippen LogP contribution in [0, 0.1) is 0 Å². The number of methoxy groups -OCH3 is 1. The van der Waals surface area contributed by atoms with Gasteiger partial charge in [0.1, 0.15) is 48.8 Å². The second-order valence-electron chi connectivity index (χ2n) is 16.8. The fraction of sp³-hybridized carbons (Fsp3) is 0.333. The van der Waals surface area contributed by atoms with E-state index in [-0.39, 0.29) is 44.5 Å². The maximum Gasteiger partial charge on any atom is 0.241 e. The molecule has 0 amide bonds. The average molecular weight is 944 g/mol. The van der Waals surface area contributed by atoms with E-state index >= 15 is 0 Å². The van der Waals surface area contributed by atoms with Crippen LogP contribution in [-0.2, 0) is 83.8 Å². The van der Waals surface area contributed by atoms with Crippen molar-refractivity contribution >= 4 is 10.0 Å². The molecule has 0 spiro atoms. The Kier molecular flexibility index (Phi) is 16.5. The molecule has 0 saturated carbocycles. The van der Waals surface area contributed by atoms with Crippen LogP contribution in [0.2, 0.25) is 0 Å². The van der Waals surface area contributed by atoms with Crippen LogP contribution in [0.4, 0.5) is 0 Å². The Morgan fingerprint density at radius 1 is 0.529 bits per heavy atom. The molecule has 14 heteroatoms. The van der Waals surface area contributed by atoms with E-state index in [1.54, 1.807) is 18.2 Å². The van der Waals surface area contributed by atoms with Gasteiger partial charge in [-0.1, -0.05) is 170 Å². The lowest BCUT2D eigenvalue weighted by atomic mass is 9.94. The molecule has 9 rings (SSSR count). The number of hydrogen-bond acceptors (Lipinski definition) is 12. The Balaban J connectivity index is 1.13.